The van der Waals surface area contributed by atoms with Gasteiger partial charge in [0.15, 0.2) is 6.61 Å². The van der Waals surface area contributed by atoms with Gasteiger partial charge in [-0.3, -0.25) is 4.79 Å². The number of carbonyl (C=O) groups excluding carboxylic acids is 1. The molecule has 0 saturated heterocycles. The summed E-state index contributed by atoms with van der Waals surface area (Å²) >= 11 is 6.09. The molecule has 2 rings (SSSR count). The van der Waals surface area contributed by atoms with Crippen molar-refractivity contribution in [1.82, 2.24) is 4.72 Å². The van der Waals surface area contributed by atoms with E-state index in [4.69, 9.17) is 25.8 Å². The number of rotatable bonds is 10. The summed E-state index contributed by atoms with van der Waals surface area (Å²) in [4.78, 5) is 12.0. The highest BCUT2D eigenvalue weighted by Gasteiger charge is 2.16. The van der Waals surface area contributed by atoms with E-state index in [-0.39, 0.29) is 35.4 Å². The second-order valence-corrected chi connectivity index (χ2v) is 7.73. The Labute approximate surface area is 168 Å². The fourth-order valence-electron chi connectivity index (χ4n) is 2.17. The lowest BCUT2D eigenvalue weighted by molar-refractivity contribution is -0.118. The summed E-state index contributed by atoms with van der Waals surface area (Å²) in [6, 6.07) is 10.9. The third-order valence-electron chi connectivity index (χ3n) is 3.52. The van der Waals surface area contributed by atoms with E-state index in [1.807, 2.05) is 0 Å². The zero-order chi connectivity index (χ0) is 20.6. The maximum Gasteiger partial charge on any atom is 0.262 e. The van der Waals surface area contributed by atoms with Crippen LogP contribution < -0.4 is 19.5 Å². The van der Waals surface area contributed by atoms with Gasteiger partial charge in [0.2, 0.25) is 10.0 Å². The first-order valence-corrected chi connectivity index (χ1v) is 10.1. The molecule has 0 bridgehead atoms. The van der Waals surface area contributed by atoms with Gasteiger partial charge in [-0.05, 0) is 30.3 Å². The number of halogens is 1. The van der Waals surface area contributed by atoms with Crippen LogP contribution in [0.25, 0.3) is 0 Å². The molecular formula is C18H21ClN2O6S. The third-order valence-corrected chi connectivity index (χ3v) is 5.28. The van der Waals surface area contributed by atoms with Gasteiger partial charge in [-0.2, -0.15) is 0 Å². The third kappa shape index (κ3) is 6.38. The van der Waals surface area contributed by atoms with Crippen molar-refractivity contribution in [3.63, 3.8) is 0 Å². The molecule has 0 heterocycles. The molecule has 0 spiro atoms. The molecule has 0 fully saturated rings. The van der Waals surface area contributed by atoms with Crippen LogP contribution in [0.3, 0.4) is 0 Å². The van der Waals surface area contributed by atoms with E-state index in [1.54, 1.807) is 24.3 Å². The van der Waals surface area contributed by atoms with Gasteiger partial charge >= 0.3 is 0 Å². The van der Waals surface area contributed by atoms with Crippen molar-refractivity contribution in [2.75, 3.05) is 39.3 Å². The number of amides is 1. The molecule has 0 saturated carbocycles. The molecule has 0 aliphatic heterocycles. The summed E-state index contributed by atoms with van der Waals surface area (Å²) in [7, 11) is -0.707. The molecule has 0 aliphatic carbocycles. The number of nitrogens with one attached hydrogen (secondary N) is 2. The normalized spacial score (nSPS) is 11.1. The zero-order valence-corrected chi connectivity index (χ0v) is 17.0. The Bertz CT molecular complexity index is 920. The molecule has 8 nitrogen and oxygen atoms in total. The van der Waals surface area contributed by atoms with Crippen LogP contribution in [0.4, 0.5) is 5.69 Å². The van der Waals surface area contributed by atoms with Crippen LogP contribution in [0.5, 0.6) is 11.5 Å². The lowest BCUT2D eigenvalue weighted by atomic mass is 10.3. The van der Waals surface area contributed by atoms with Crippen LogP contribution in [0.1, 0.15) is 0 Å². The number of anilines is 1. The van der Waals surface area contributed by atoms with Gasteiger partial charge in [-0.1, -0.05) is 17.7 Å². The van der Waals surface area contributed by atoms with E-state index in [9.17, 15) is 13.2 Å². The van der Waals surface area contributed by atoms with Crippen molar-refractivity contribution >= 4 is 33.2 Å². The molecule has 2 N–H and O–H groups in total. The van der Waals surface area contributed by atoms with Crippen molar-refractivity contribution in [1.29, 1.82) is 0 Å². The molecule has 28 heavy (non-hydrogen) atoms. The first-order valence-electron chi connectivity index (χ1n) is 8.20. The quantitative estimate of drug-likeness (QED) is 0.563. The second-order valence-electron chi connectivity index (χ2n) is 5.55. The average Bonchev–Trinajstić information content (AvgIpc) is 2.67. The molecule has 0 atom stereocenters. The minimum Gasteiger partial charge on any atom is -0.497 e. The molecule has 10 heteroatoms. The predicted octanol–water partition coefficient (Wildman–Crippen LogP) is 2.29. The number of hydrogen-bond acceptors (Lipinski definition) is 6. The average molecular weight is 429 g/mol. The SMILES string of the molecule is COCCNS(=O)(=O)c1ccc(OCC(=O)Nc2cccc(OC)c2)c(Cl)c1. The number of hydrogen-bond donors (Lipinski definition) is 2. The zero-order valence-electron chi connectivity index (χ0n) is 15.4. The van der Waals surface area contributed by atoms with Gasteiger partial charge in [-0.15, -0.1) is 0 Å². The Morgan fingerprint density at radius 1 is 1.14 bits per heavy atom. The van der Waals surface area contributed by atoms with Crippen LogP contribution in [0, 0.1) is 0 Å². The van der Waals surface area contributed by atoms with Gasteiger partial charge in [0.1, 0.15) is 11.5 Å². The highest BCUT2D eigenvalue weighted by Crippen LogP contribution is 2.27. The smallest absolute Gasteiger partial charge is 0.262 e. The summed E-state index contributed by atoms with van der Waals surface area (Å²) in [5, 5.41) is 2.74. The van der Waals surface area contributed by atoms with Gasteiger partial charge in [0.05, 0.1) is 23.6 Å². The summed E-state index contributed by atoms with van der Waals surface area (Å²) in [6.07, 6.45) is 0. The number of sulfonamides is 1. The van der Waals surface area contributed by atoms with E-state index < -0.39 is 15.9 Å². The second kappa shape index (κ2) is 10.3. The minimum absolute atomic E-state index is 0.0122. The fourth-order valence-corrected chi connectivity index (χ4v) is 3.51. The van der Waals surface area contributed by atoms with E-state index in [0.717, 1.165) is 0 Å². The Morgan fingerprint density at radius 3 is 2.61 bits per heavy atom. The number of methoxy groups -OCH3 is 2. The summed E-state index contributed by atoms with van der Waals surface area (Å²) in [5.41, 5.74) is 0.558. The van der Waals surface area contributed by atoms with Crippen LogP contribution in [-0.4, -0.2) is 48.3 Å². The van der Waals surface area contributed by atoms with Crippen LogP contribution >= 0.6 is 11.6 Å². The maximum absolute atomic E-state index is 12.2. The van der Waals surface area contributed by atoms with E-state index in [1.165, 1.54) is 32.4 Å². The van der Waals surface area contributed by atoms with E-state index in [2.05, 4.69) is 10.0 Å². The lowest BCUT2D eigenvalue weighted by Crippen LogP contribution is -2.27. The molecule has 0 unspecified atom stereocenters. The van der Waals surface area contributed by atoms with E-state index >= 15 is 0 Å². The van der Waals surface area contributed by atoms with Gasteiger partial charge in [0.25, 0.3) is 5.91 Å². The maximum atomic E-state index is 12.2. The highest BCUT2D eigenvalue weighted by atomic mass is 35.5. The Balaban J connectivity index is 1.96. The van der Waals surface area contributed by atoms with Crippen LogP contribution in [-0.2, 0) is 19.6 Å². The largest absolute Gasteiger partial charge is 0.497 e. The molecular weight excluding hydrogens is 408 g/mol. The minimum atomic E-state index is -3.71. The van der Waals surface area contributed by atoms with Gasteiger partial charge in [0, 0.05) is 25.4 Å². The van der Waals surface area contributed by atoms with E-state index in [0.29, 0.717) is 11.4 Å². The number of benzene rings is 2. The Kier molecular flexibility index (Phi) is 8.06. The van der Waals surface area contributed by atoms with Gasteiger partial charge < -0.3 is 19.5 Å². The van der Waals surface area contributed by atoms with Crippen molar-refractivity contribution < 1.29 is 27.4 Å². The Hall–Kier alpha value is -2.33. The standard InChI is InChI=1S/C18H21ClN2O6S/c1-25-9-8-20-28(23,24)15-6-7-17(16(19)11-15)27-12-18(22)21-13-4-3-5-14(10-13)26-2/h3-7,10-11,20H,8-9,12H2,1-2H3,(H,21,22). The molecule has 2 aromatic rings. The first kappa shape index (κ1) is 22.0. The predicted molar refractivity (Wildman–Crippen MR) is 106 cm³/mol. The molecule has 152 valence electrons. The van der Waals surface area contributed by atoms with Gasteiger partial charge in [-0.25, -0.2) is 13.1 Å². The fraction of sp³-hybridized carbons (Fsp3) is 0.278. The molecule has 1 amide bonds. The van der Waals surface area contributed by atoms with Crippen molar-refractivity contribution in [2.45, 2.75) is 4.90 Å². The Morgan fingerprint density at radius 2 is 1.93 bits per heavy atom. The number of ether oxygens (including phenoxy) is 3. The molecule has 0 radical (unpaired) electrons. The monoisotopic (exact) mass is 428 g/mol. The first-order chi connectivity index (χ1) is 13.4. The lowest BCUT2D eigenvalue weighted by Gasteiger charge is -2.11. The molecule has 0 aliphatic rings. The van der Waals surface area contributed by atoms with Crippen molar-refractivity contribution in [3.8, 4) is 11.5 Å². The van der Waals surface area contributed by atoms with Crippen LogP contribution in [0.2, 0.25) is 5.02 Å². The van der Waals surface area contributed by atoms with Crippen molar-refractivity contribution in [2.24, 2.45) is 0 Å². The highest BCUT2D eigenvalue weighted by molar-refractivity contribution is 7.89. The summed E-state index contributed by atoms with van der Waals surface area (Å²) < 4.78 is 42.0. The topological polar surface area (TPSA) is 103 Å². The number of carbonyl (C=O) groups is 1. The summed E-state index contributed by atoms with van der Waals surface area (Å²) in [5.74, 6) is 0.401. The summed E-state index contributed by atoms with van der Waals surface area (Å²) in [6.45, 7) is 0.0881. The molecule has 0 aromatic heterocycles. The van der Waals surface area contributed by atoms with Crippen molar-refractivity contribution in [3.05, 3.63) is 47.5 Å². The van der Waals surface area contributed by atoms with Crippen LogP contribution in [0.15, 0.2) is 47.4 Å². The molecule has 2 aromatic carbocycles.